The number of aryl methyl sites for hydroxylation is 1. The summed E-state index contributed by atoms with van der Waals surface area (Å²) in [5.41, 5.74) is 3.59. The summed E-state index contributed by atoms with van der Waals surface area (Å²) in [6.45, 7) is 0.465. The van der Waals surface area contributed by atoms with Crippen LogP contribution in [0.2, 0.25) is 0 Å². The first-order chi connectivity index (χ1) is 13.7. The van der Waals surface area contributed by atoms with Crippen LogP contribution < -0.4 is 4.74 Å². The van der Waals surface area contributed by atoms with Crippen molar-refractivity contribution in [3.05, 3.63) is 95.1 Å². The number of phenolic OH excluding ortho intramolecular Hbond substituents is 1. The maximum absolute atomic E-state index is 11.5. The van der Waals surface area contributed by atoms with E-state index in [-0.39, 0.29) is 11.7 Å². The lowest BCUT2D eigenvalue weighted by Crippen LogP contribution is -2.01. The van der Waals surface area contributed by atoms with Gasteiger partial charge in [-0.05, 0) is 54.7 Å². The third kappa shape index (κ3) is 5.13. The van der Waals surface area contributed by atoms with Crippen LogP contribution in [0.15, 0.2) is 72.8 Å². The van der Waals surface area contributed by atoms with E-state index in [1.165, 1.54) is 7.11 Å². The van der Waals surface area contributed by atoms with E-state index < -0.39 is 0 Å². The van der Waals surface area contributed by atoms with E-state index in [0.29, 0.717) is 24.3 Å². The highest BCUT2D eigenvalue weighted by Crippen LogP contribution is 2.30. The number of benzene rings is 3. The van der Waals surface area contributed by atoms with Gasteiger partial charge in [-0.2, -0.15) is 0 Å². The summed E-state index contributed by atoms with van der Waals surface area (Å²) in [5.74, 6) is 0.637. The number of aromatic hydroxyl groups is 1. The molecule has 1 N–H and O–H groups in total. The Bertz CT molecular complexity index is 902. The van der Waals surface area contributed by atoms with Crippen molar-refractivity contribution < 1.29 is 19.4 Å². The summed E-state index contributed by atoms with van der Waals surface area (Å²) in [7, 11) is 1.38. The summed E-state index contributed by atoms with van der Waals surface area (Å²) in [6, 6.07) is 22.8. The fraction of sp³-hybridized carbons (Fsp3) is 0.208. The van der Waals surface area contributed by atoms with Crippen LogP contribution in [-0.4, -0.2) is 18.2 Å². The maximum Gasteiger partial charge on any atom is 0.337 e. The molecule has 0 aromatic heterocycles. The minimum atomic E-state index is -0.332. The van der Waals surface area contributed by atoms with Crippen LogP contribution >= 0.6 is 0 Å². The molecule has 0 fully saturated rings. The maximum atomic E-state index is 11.5. The SMILES string of the molecule is COC(=O)c1ccc(CCCc2c(O)cccc2OCc2ccccc2)cc1. The van der Waals surface area contributed by atoms with Crippen molar-refractivity contribution in [1.29, 1.82) is 0 Å². The van der Waals surface area contributed by atoms with Gasteiger partial charge in [-0.25, -0.2) is 4.79 Å². The normalized spacial score (nSPS) is 10.5. The van der Waals surface area contributed by atoms with Crippen molar-refractivity contribution in [3.63, 3.8) is 0 Å². The van der Waals surface area contributed by atoms with Gasteiger partial charge in [0.15, 0.2) is 0 Å². The average Bonchev–Trinajstić information content (AvgIpc) is 2.74. The Labute approximate surface area is 165 Å². The first-order valence-corrected chi connectivity index (χ1v) is 9.32. The summed E-state index contributed by atoms with van der Waals surface area (Å²) in [6.07, 6.45) is 2.40. The Hall–Kier alpha value is -3.27. The minimum absolute atomic E-state index is 0.256. The second-order valence-corrected chi connectivity index (χ2v) is 6.57. The Morgan fingerprint density at radius 1 is 0.857 bits per heavy atom. The lowest BCUT2D eigenvalue weighted by Gasteiger charge is -2.13. The lowest BCUT2D eigenvalue weighted by atomic mass is 10.0. The third-order valence-corrected chi connectivity index (χ3v) is 4.61. The van der Waals surface area contributed by atoms with E-state index in [4.69, 9.17) is 9.47 Å². The van der Waals surface area contributed by atoms with Crippen molar-refractivity contribution >= 4 is 5.97 Å². The number of methoxy groups -OCH3 is 1. The number of phenols is 1. The van der Waals surface area contributed by atoms with Gasteiger partial charge in [0, 0.05) is 5.56 Å². The first-order valence-electron chi connectivity index (χ1n) is 9.32. The molecule has 3 aromatic carbocycles. The molecule has 28 heavy (non-hydrogen) atoms. The van der Waals surface area contributed by atoms with Gasteiger partial charge >= 0.3 is 5.97 Å². The smallest absolute Gasteiger partial charge is 0.337 e. The van der Waals surface area contributed by atoms with E-state index in [2.05, 4.69) is 0 Å². The second kappa shape index (κ2) is 9.60. The monoisotopic (exact) mass is 376 g/mol. The van der Waals surface area contributed by atoms with Crippen molar-refractivity contribution in [2.24, 2.45) is 0 Å². The highest BCUT2D eigenvalue weighted by atomic mass is 16.5. The number of carbonyl (C=O) groups excluding carboxylic acids is 1. The highest BCUT2D eigenvalue weighted by molar-refractivity contribution is 5.89. The molecule has 4 heteroatoms. The fourth-order valence-electron chi connectivity index (χ4n) is 3.07. The van der Waals surface area contributed by atoms with E-state index in [9.17, 15) is 9.90 Å². The molecule has 4 nitrogen and oxygen atoms in total. The van der Waals surface area contributed by atoms with Crippen LogP contribution in [0.25, 0.3) is 0 Å². The average molecular weight is 376 g/mol. The number of carbonyl (C=O) groups is 1. The van der Waals surface area contributed by atoms with E-state index in [1.807, 2.05) is 48.5 Å². The van der Waals surface area contributed by atoms with Gasteiger partial charge in [0.2, 0.25) is 0 Å². The minimum Gasteiger partial charge on any atom is -0.508 e. The largest absolute Gasteiger partial charge is 0.508 e. The number of hydrogen-bond donors (Lipinski definition) is 1. The van der Waals surface area contributed by atoms with Gasteiger partial charge in [-0.1, -0.05) is 48.5 Å². The standard InChI is InChI=1S/C24H24O4/c1-27-24(26)20-15-13-18(14-16-20)9-5-10-21-22(25)11-6-12-23(21)28-17-19-7-3-2-4-8-19/h2-4,6-8,11-16,25H,5,9-10,17H2,1H3. The molecule has 3 aromatic rings. The molecule has 0 spiro atoms. The summed E-state index contributed by atoms with van der Waals surface area (Å²) < 4.78 is 10.7. The van der Waals surface area contributed by atoms with Crippen LogP contribution in [0.5, 0.6) is 11.5 Å². The van der Waals surface area contributed by atoms with Gasteiger partial charge < -0.3 is 14.6 Å². The zero-order valence-corrected chi connectivity index (χ0v) is 15.9. The summed E-state index contributed by atoms with van der Waals surface area (Å²) in [5, 5.41) is 10.3. The number of rotatable bonds is 8. The van der Waals surface area contributed by atoms with Crippen molar-refractivity contribution in [1.82, 2.24) is 0 Å². The van der Waals surface area contributed by atoms with Crippen LogP contribution in [0.1, 0.15) is 33.5 Å². The quantitative estimate of drug-likeness (QED) is 0.566. The molecule has 0 aliphatic carbocycles. The predicted molar refractivity (Wildman–Crippen MR) is 109 cm³/mol. The molecule has 0 saturated heterocycles. The molecule has 0 aliphatic heterocycles. The van der Waals surface area contributed by atoms with E-state index in [0.717, 1.165) is 29.5 Å². The van der Waals surface area contributed by atoms with Crippen molar-refractivity contribution in [2.75, 3.05) is 7.11 Å². The molecule has 0 unspecified atom stereocenters. The Morgan fingerprint density at radius 3 is 2.32 bits per heavy atom. The molecule has 0 amide bonds. The van der Waals surface area contributed by atoms with Crippen LogP contribution in [-0.2, 0) is 24.2 Å². The molecule has 3 rings (SSSR count). The molecule has 0 aliphatic rings. The number of ether oxygens (including phenoxy) is 2. The van der Waals surface area contributed by atoms with Crippen LogP contribution in [0, 0.1) is 0 Å². The van der Waals surface area contributed by atoms with Crippen molar-refractivity contribution in [3.8, 4) is 11.5 Å². The lowest BCUT2D eigenvalue weighted by molar-refractivity contribution is 0.0600. The number of hydrogen-bond acceptors (Lipinski definition) is 4. The molecule has 0 saturated carbocycles. The predicted octanol–water partition coefficient (Wildman–Crippen LogP) is 4.93. The molecule has 0 radical (unpaired) electrons. The third-order valence-electron chi connectivity index (χ3n) is 4.61. The summed E-state index contributed by atoms with van der Waals surface area (Å²) >= 11 is 0. The van der Waals surface area contributed by atoms with Gasteiger partial charge in [-0.15, -0.1) is 0 Å². The molecular weight excluding hydrogens is 352 g/mol. The molecular formula is C24H24O4. The summed E-state index contributed by atoms with van der Waals surface area (Å²) in [4.78, 5) is 11.5. The molecule has 0 bridgehead atoms. The Balaban J connectivity index is 1.60. The van der Waals surface area contributed by atoms with Gasteiger partial charge in [0.1, 0.15) is 18.1 Å². The van der Waals surface area contributed by atoms with Crippen LogP contribution in [0.3, 0.4) is 0 Å². The van der Waals surface area contributed by atoms with E-state index >= 15 is 0 Å². The second-order valence-electron chi connectivity index (χ2n) is 6.57. The topological polar surface area (TPSA) is 55.8 Å². The molecule has 144 valence electrons. The van der Waals surface area contributed by atoms with E-state index in [1.54, 1.807) is 24.3 Å². The molecule has 0 atom stereocenters. The van der Waals surface area contributed by atoms with Gasteiger partial charge in [-0.3, -0.25) is 0 Å². The first kappa shape index (κ1) is 19.5. The zero-order chi connectivity index (χ0) is 19.8. The van der Waals surface area contributed by atoms with Gasteiger partial charge in [0.05, 0.1) is 12.7 Å². The van der Waals surface area contributed by atoms with Gasteiger partial charge in [0.25, 0.3) is 0 Å². The Morgan fingerprint density at radius 2 is 1.61 bits per heavy atom. The zero-order valence-electron chi connectivity index (χ0n) is 15.9. The number of esters is 1. The highest BCUT2D eigenvalue weighted by Gasteiger charge is 2.10. The van der Waals surface area contributed by atoms with Crippen LogP contribution in [0.4, 0.5) is 0 Å². The fourth-order valence-corrected chi connectivity index (χ4v) is 3.07. The van der Waals surface area contributed by atoms with Crippen molar-refractivity contribution in [2.45, 2.75) is 25.9 Å². The molecule has 0 heterocycles. The Kier molecular flexibility index (Phi) is 6.68.